The number of carboxylic acid groups (broad SMARTS) is 1. The van der Waals surface area contributed by atoms with Crippen molar-refractivity contribution in [3.05, 3.63) is 0 Å². The Labute approximate surface area is 115 Å². The van der Waals surface area contributed by atoms with E-state index in [9.17, 15) is 19.2 Å². The van der Waals surface area contributed by atoms with Crippen LogP contribution in [0.25, 0.3) is 0 Å². The maximum atomic E-state index is 11.5. The van der Waals surface area contributed by atoms with Crippen molar-refractivity contribution in [2.45, 2.75) is 38.9 Å². The fraction of sp³-hybridized carbons (Fsp3) is 0.600. The van der Waals surface area contributed by atoms with E-state index in [0.717, 1.165) is 0 Å². The van der Waals surface area contributed by atoms with Crippen molar-refractivity contribution >= 4 is 23.8 Å². The van der Waals surface area contributed by atoms with Crippen LogP contribution in [-0.2, 0) is 14.4 Å². The second-order valence-corrected chi connectivity index (χ2v) is 4.17. The fourth-order valence-electron chi connectivity index (χ4n) is 0.908. The largest absolute Gasteiger partial charge is 0.480 e. The molecular weight excluding hydrogens is 270 g/mol. The van der Waals surface area contributed by atoms with Crippen LogP contribution in [0.1, 0.15) is 20.8 Å². The Bertz CT molecular complexity index is 397. The molecule has 0 aromatic heterocycles. The molecule has 0 aromatic rings. The quantitative estimate of drug-likeness (QED) is 0.310. The van der Waals surface area contributed by atoms with E-state index in [-0.39, 0.29) is 0 Å². The Balaban J connectivity index is 4.16. The average molecular weight is 289 g/mol. The Morgan fingerprint density at radius 3 is 1.80 bits per heavy atom. The molecule has 10 heteroatoms. The molecule has 0 radical (unpaired) electrons. The lowest BCUT2D eigenvalue weighted by molar-refractivity contribution is -0.138. The van der Waals surface area contributed by atoms with Crippen LogP contribution in [0, 0.1) is 0 Å². The van der Waals surface area contributed by atoms with Crippen molar-refractivity contribution < 1.29 is 24.3 Å². The molecule has 0 heterocycles. The highest BCUT2D eigenvalue weighted by Crippen LogP contribution is 1.85. The van der Waals surface area contributed by atoms with Gasteiger partial charge in [-0.25, -0.2) is 4.79 Å². The molecule has 4 amide bonds. The van der Waals surface area contributed by atoms with Crippen molar-refractivity contribution in [2.24, 2.45) is 5.73 Å². The van der Waals surface area contributed by atoms with Gasteiger partial charge in [0.25, 0.3) is 11.8 Å². The van der Waals surface area contributed by atoms with Crippen LogP contribution in [0.5, 0.6) is 0 Å². The lowest BCUT2D eigenvalue weighted by Gasteiger charge is -2.16. The topological polar surface area (TPSA) is 163 Å². The first-order valence-corrected chi connectivity index (χ1v) is 5.80. The number of carbonyl (C=O) groups excluding carboxylic acids is 3. The third-order valence-electron chi connectivity index (χ3n) is 2.18. The molecule has 7 N–H and O–H groups in total. The summed E-state index contributed by atoms with van der Waals surface area (Å²) >= 11 is 0. The summed E-state index contributed by atoms with van der Waals surface area (Å²) in [6, 6.07) is -3.69. The highest BCUT2D eigenvalue weighted by Gasteiger charge is 2.19. The molecule has 0 rings (SSSR count). The molecule has 3 atom stereocenters. The predicted octanol–water partition coefficient (Wildman–Crippen LogP) is -2.36. The summed E-state index contributed by atoms with van der Waals surface area (Å²) in [5.74, 6) is -2.48. The summed E-state index contributed by atoms with van der Waals surface area (Å²) in [6.07, 6.45) is 0. The van der Waals surface area contributed by atoms with Crippen molar-refractivity contribution in [1.82, 2.24) is 21.5 Å². The predicted molar refractivity (Wildman–Crippen MR) is 68.2 cm³/mol. The molecule has 10 nitrogen and oxygen atoms in total. The summed E-state index contributed by atoms with van der Waals surface area (Å²) < 4.78 is 0. The van der Waals surface area contributed by atoms with Crippen LogP contribution < -0.4 is 27.2 Å². The van der Waals surface area contributed by atoms with Gasteiger partial charge in [-0.2, -0.15) is 0 Å². The van der Waals surface area contributed by atoms with Gasteiger partial charge in [-0.3, -0.25) is 25.2 Å². The van der Waals surface area contributed by atoms with Gasteiger partial charge in [0.05, 0.1) is 6.04 Å². The van der Waals surface area contributed by atoms with Crippen LogP contribution in [0.3, 0.4) is 0 Å². The molecule has 0 fully saturated rings. The normalized spacial score (nSPS) is 14.4. The van der Waals surface area contributed by atoms with Gasteiger partial charge in [-0.05, 0) is 20.8 Å². The number of hydrogen-bond acceptors (Lipinski definition) is 5. The number of nitrogens with one attached hydrogen (secondary N) is 4. The number of hydrogen-bond donors (Lipinski definition) is 6. The highest BCUT2D eigenvalue weighted by molar-refractivity contribution is 5.90. The van der Waals surface area contributed by atoms with E-state index >= 15 is 0 Å². The van der Waals surface area contributed by atoms with E-state index in [1.165, 1.54) is 20.8 Å². The minimum atomic E-state index is -1.21. The lowest BCUT2D eigenvalue weighted by atomic mass is 10.3. The first-order chi connectivity index (χ1) is 9.15. The second-order valence-electron chi connectivity index (χ2n) is 4.17. The molecule has 0 spiro atoms. The number of urea groups is 1. The average Bonchev–Trinajstić information content (AvgIpc) is 2.34. The number of carboxylic acids is 1. The first kappa shape index (κ1) is 17.6. The number of rotatable bonds is 5. The van der Waals surface area contributed by atoms with E-state index in [0.29, 0.717) is 0 Å². The second kappa shape index (κ2) is 7.94. The van der Waals surface area contributed by atoms with E-state index < -0.39 is 41.9 Å². The van der Waals surface area contributed by atoms with Crippen LogP contribution in [0.2, 0.25) is 0 Å². The lowest BCUT2D eigenvalue weighted by Crippen LogP contribution is -2.56. The van der Waals surface area contributed by atoms with E-state index in [1.807, 2.05) is 0 Å². The number of hydrazine groups is 1. The summed E-state index contributed by atoms with van der Waals surface area (Å²) in [4.78, 5) is 44.5. The van der Waals surface area contributed by atoms with Gasteiger partial charge in [0.2, 0.25) is 0 Å². The van der Waals surface area contributed by atoms with Crippen LogP contribution in [-0.4, -0.2) is 47.0 Å². The summed E-state index contributed by atoms with van der Waals surface area (Å²) in [6.45, 7) is 4.07. The van der Waals surface area contributed by atoms with Crippen LogP contribution in [0.15, 0.2) is 0 Å². The molecule has 20 heavy (non-hydrogen) atoms. The van der Waals surface area contributed by atoms with E-state index in [4.69, 9.17) is 10.8 Å². The number of carbonyl (C=O) groups is 4. The maximum Gasteiger partial charge on any atom is 0.325 e. The standard InChI is InChI=1S/C10H19N5O5/c1-4(11)7(16)14-15-8(17)5(2)12-10(20)13-6(3)9(18)19/h4-6H,11H2,1-3H3,(H,14,16)(H,15,17)(H,18,19)(H2,12,13,20). The fourth-order valence-corrected chi connectivity index (χ4v) is 0.908. The maximum absolute atomic E-state index is 11.5. The van der Waals surface area contributed by atoms with Crippen molar-refractivity contribution in [2.75, 3.05) is 0 Å². The van der Waals surface area contributed by atoms with Gasteiger partial charge in [0, 0.05) is 0 Å². The Kier molecular flexibility index (Phi) is 7.00. The molecule has 0 aromatic carbocycles. The van der Waals surface area contributed by atoms with Crippen molar-refractivity contribution in [3.63, 3.8) is 0 Å². The van der Waals surface area contributed by atoms with Gasteiger partial charge in [-0.1, -0.05) is 0 Å². The molecule has 0 aliphatic carbocycles. The smallest absolute Gasteiger partial charge is 0.325 e. The molecule has 0 aliphatic heterocycles. The van der Waals surface area contributed by atoms with E-state index in [2.05, 4.69) is 21.5 Å². The summed E-state index contributed by atoms with van der Waals surface area (Å²) in [5.41, 5.74) is 9.40. The monoisotopic (exact) mass is 289 g/mol. The molecule has 0 bridgehead atoms. The van der Waals surface area contributed by atoms with Crippen molar-refractivity contribution in [1.29, 1.82) is 0 Å². The van der Waals surface area contributed by atoms with Crippen LogP contribution in [0.4, 0.5) is 4.79 Å². The first-order valence-electron chi connectivity index (χ1n) is 5.80. The Hall–Kier alpha value is -2.36. The molecule has 3 unspecified atom stereocenters. The molecule has 0 saturated heterocycles. The zero-order valence-electron chi connectivity index (χ0n) is 11.4. The Morgan fingerprint density at radius 2 is 1.35 bits per heavy atom. The third kappa shape index (κ3) is 6.54. The molecular formula is C10H19N5O5. The summed E-state index contributed by atoms with van der Waals surface area (Å²) in [7, 11) is 0. The minimum Gasteiger partial charge on any atom is -0.480 e. The molecule has 0 aliphatic rings. The van der Waals surface area contributed by atoms with Crippen LogP contribution >= 0.6 is 0 Å². The third-order valence-corrected chi connectivity index (χ3v) is 2.18. The summed E-state index contributed by atoms with van der Waals surface area (Å²) in [5, 5.41) is 12.9. The molecule has 114 valence electrons. The van der Waals surface area contributed by atoms with Gasteiger partial charge in [-0.15, -0.1) is 0 Å². The van der Waals surface area contributed by atoms with Gasteiger partial charge < -0.3 is 21.5 Å². The van der Waals surface area contributed by atoms with Crippen molar-refractivity contribution in [3.8, 4) is 0 Å². The highest BCUT2D eigenvalue weighted by atomic mass is 16.4. The van der Waals surface area contributed by atoms with Gasteiger partial charge in [0.1, 0.15) is 12.1 Å². The number of amides is 4. The SMILES string of the molecule is CC(N)C(=O)NNC(=O)C(C)NC(=O)NC(C)C(=O)O. The minimum absolute atomic E-state index is 0.588. The van der Waals surface area contributed by atoms with Gasteiger partial charge in [0.15, 0.2) is 0 Å². The zero-order valence-corrected chi connectivity index (χ0v) is 11.4. The number of nitrogens with two attached hydrogens (primary N) is 1. The zero-order chi connectivity index (χ0) is 15.9. The number of aliphatic carboxylic acids is 1. The van der Waals surface area contributed by atoms with E-state index in [1.54, 1.807) is 0 Å². The molecule has 0 saturated carbocycles. The Morgan fingerprint density at radius 1 is 0.900 bits per heavy atom. The van der Waals surface area contributed by atoms with Gasteiger partial charge >= 0.3 is 12.0 Å².